The van der Waals surface area contributed by atoms with Crippen LogP contribution < -0.4 is 10.3 Å². The lowest BCUT2D eigenvalue weighted by Gasteiger charge is -2.24. The molecule has 0 aliphatic rings. The van der Waals surface area contributed by atoms with Gasteiger partial charge in [-0.1, -0.05) is 60.7 Å². The van der Waals surface area contributed by atoms with Crippen LogP contribution in [0.2, 0.25) is 0 Å². The normalized spacial score (nSPS) is 12.3. The highest BCUT2D eigenvalue weighted by molar-refractivity contribution is 7.90. The molecule has 0 radical (unpaired) electrons. The van der Waals surface area contributed by atoms with E-state index < -0.39 is 20.0 Å². The fraction of sp³-hybridized carbons (Fsp3) is 0.154. The molecule has 0 atom stereocenters. The summed E-state index contributed by atoms with van der Waals surface area (Å²) < 4.78 is 52.8. The molecule has 0 fully saturated rings. The first-order valence-corrected chi connectivity index (χ1v) is 13.7. The molecular weight excluding hydrogens is 468 g/mol. The number of rotatable bonds is 4. The highest BCUT2D eigenvalue weighted by atomic mass is 32.2. The molecule has 4 aromatic carbocycles. The summed E-state index contributed by atoms with van der Waals surface area (Å²) in [6.45, 7) is 7.37. The Hall–Kier alpha value is -3.04. The molecule has 0 amide bonds. The van der Waals surface area contributed by atoms with Crippen molar-refractivity contribution in [1.29, 1.82) is 0 Å². The molecule has 6 nitrogen and oxygen atoms in total. The van der Waals surface area contributed by atoms with E-state index in [1.54, 1.807) is 50.2 Å². The molecule has 0 unspecified atom stereocenters. The van der Waals surface area contributed by atoms with Crippen LogP contribution in [-0.2, 0) is 20.0 Å². The Labute approximate surface area is 200 Å². The minimum atomic E-state index is -4.42. The number of hydrogen-bond acceptors (Lipinski definition) is 4. The van der Waals surface area contributed by atoms with Gasteiger partial charge >= 0.3 is 0 Å². The average molecular weight is 495 g/mol. The highest BCUT2D eigenvalue weighted by Crippen LogP contribution is 2.48. The van der Waals surface area contributed by atoms with E-state index in [0.717, 1.165) is 11.1 Å². The zero-order chi connectivity index (χ0) is 25.0. The van der Waals surface area contributed by atoms with Crippen LogP contribution in [0.15, 0.2) is 70.5 Å². The van der Waals surface area contributed by atoms with Crippen LogP contribution in [0.4, 0.5) is 0 Å². The van der Waals surface area contributed by atoms with Gasteiger partial charge in [0.1, 0.15) is 0 Å². The van der Waals surface area contributed by atoms with E-state index in [2.05, 4.69) is 0 Å². The third-order valence-electron chi connectivity index (χ3n) is 6.15. The van der Waals surface area contributed by atoms with Gasteiger partial charge in [0.25, 0.3) is 0 Å². The van der Waals surface area contributed by atoms with Crippen LogP contribution in [0.5, 0.6) is 0 Å². The molecule has 8 heteroatoms. The predicted octanol–water partition coefficient (Wildman–Crippen LogP) is 4.70. The maximum Gasteiger partial charge on any atom is 0.239 e. The van der Waals surface area contributed by atoms with Crippen LogP contribution in [0.1, 0.15) is 22.3 Å². The topological polar surface area (TPSA) is 120 Å². The van der Waals surface area contributed by atoms with Crippen LogP contribution in [0.25, 0.3) is 33.0 Å². The zero-order valence-electron chi connectivity index (χ0n) is 19.4. The van der Waals surface area contributed by atoms with Crippen molar-refractivity contribution in [2.75, 3.05) is 0 Å². The second-order valence-corrected chi connectivity index (χ2v) is 11.6. The minimum Gasteiger partial charge on any atom is -0.225 e. The molecule has 0 saturated heterocycles. The quantitative estimate of drug-likeness (QED) is 0.427. The number of fused-ring (bicyclic) bond motifs is 1. The second kappa shape index (κ2) is 8.32. The summed E-state index contributed by atoms with van der Waals surface area (Å²) >= 11 is 0. The van der Waals surface area contributed by atoms with E-state index in [4.69, 9.17) is 10.3 Å². The lowest BCUT2D eigenvalue weighted by Crippen LogP contribution is -2.21. The first-order chi connectivity index (χ1) is 15.8. The third-order valence-corrected chi connectivity index (χ3v) is 8.12. The van der Waals surface area contributed by atoms with Crippen molar-refractivity contribution in [3.05, 3.63) is 82.9 Å². The number of primary sulfonamides is 2. The van der Waals surface area contributed by atoms with E-state index in [-0.39, 0.29) is 15.4 Å². The SMILES string of the molecule is Cc1cccc(C)c1-c1c(S(N)(=O)=O)c(-c2c(C)cccc2C)c2ccccc2c1S(N)(=O)=O. The Bertz CT molecular complexity index is 1650. The molecule has 0 aliphatic carbocycles. The molecule has 34 heavy (non-hydrogen) atoms. The lowest BCUT2D eigenvalue weighted by molar-refractivity contribution is 0.597. The Kier molecular flexibility index (Phi) is 5.90. The first kappa shape index (κ1) is 24.1. The fourth-order valence-corrected chi connectivity index (χ4v) is 6.88. The summed E-state index contributed by atoms with van der Waals surface area (Å²) in [6.07, 6.45) is 0. The van der Waals surface area contributed by atoms with Crippen molar-refractivity contribution in [3.63, 3.8) is 0 Å². The minimum absolute atomic E-state index is 0.0111. The Morgan fingerprint density at radius 3 is 1.26 bits per heavy atom. The van der Waals surface area contributed by atoms with Crippen LogP contribution in [-0.4, -0.2) is 16.8 Å². The van der Waals surface area contributed by atoms with Gasteiger partial charge in [-0.05, 0) is 66.5 Å². The van der Waals surface area contributed by atoms with Crippen molar-refractivity contribution in [2.45, 2.75) is 37.5 Å². The molecule has 4 rings (SSSR count). The van der Waals surface area contributed by atoms with Crippen molar-refractivity contribution in [3.8, 4) is 22.3 Å². The molecule has 0 bridgehead atoms. The molecule has 4 N–H and O–H groups in total. The molecule has 0 saturated carbocycles. The van der Waals surface area contributed by atoms with Gasteiger partial charge in [-0.3, -0.25) is 0 Å². The van der Waals surface area contributed by atoms with E-state index in [1.807, 2.05) is 38.1 Å². The smallest absolute Gasteiger partial charge is 0.225 e. The standard InChI is InChI=1S/C26H26N2O4S2/c1-15-9-7-10-16(2)21(15)23-19-13-5-6-14-20(19)25(33(27,29)30)24(26(23)34(28,31)32)22-17(3)11-8-12-18(22)4/h5-14H,1-4H3,(H2,27,29,30)(H2,28,31,32). The van der Waals surface area contributed by atoms with Crippen LogP contribution >= 0.6 is 0 Å². The predicted molar refractivity (Wildman–Crippen MR) is 137 cm³/mol. The van der Waals surface area contributed by atoms with E-state index in [0.29, 0.717) is 38.6 Å². The van der Waals surface area contributed by atoms with Gasteiger partial charge < -0.3 is 0 Å². The third kappa shape index (κ3) is 3.92. The molecule has 0 spiro atoms. The Morgan fingerprint density at radius 2 is 0.853 bits per heavy atom. The number of nitrogens with two attached hydrogens (primary N) is 2. The van der Waals surface area contributed by atoms with Crippen molar-refractivity contribution in [2.24, 2.45) is 10.3 Å². The maximum absolute atomic E-state index is 13.3. The van der Waals surface area contributed by atoms with E-state index >= 15 is 0 Å². The van der Waals surface area contributed by atoms with Gasteiger partial charge in [0.05, 0.1) is 9.79 Å². The first-order valence-electron chi connectivity index (χ1n) is 10.6. The summed E-state index contributed by atoms with van der Waals surface area (Å²) in [5.74, 6) is 0. The summed E-state index contributed by atoms with van der Waals surface area (Å²) in [6, 6.07) is 17.9. The van der Waals surface area contributed by atoms with Crippen LogP contribution in [0.3, 0.4) is 0 Å². The molecule has 0 aromatic heterocycles. The molecule has 0 aliphatic heterocycles. The lowest BCUT2D eigenvalue weighted by atomic mass is 9.86. The summed E-state index contributed by atoms with van der Waals surface area (Å²) in [7, 11) is -8.79. The number of aryl methyl sites for hydroxylation is 4. The van der Waals surface area contributed by atoms with Crippen molar-refractivity contribution < 1.29 is 16.8 Å². The number of sulfonamides is 2. The van der Waals surface area contributed by atoms with E-state index in [9.17, 15) is 16.8 Å². The molecule has 0 heterocycles. The van der Waals surface area contributed by atoms with Gasteiger partial charge in [-0.15, -0.1) is 0 Å². The highest BCUT2D eigenvalue weighted by Gasteiger charge is 2.33. The molecule has 4 aromatic rings. The summed E-state index contributed by atoms with van der Waals surface area (Å²) in [5, 5.41) is 12.4. The van der Waals surface area contributed by atoms with E-state index in [1.165, 1.54) is 0 Å². The van der Waals surface area contributed by atoms with Gasteiger partial charge in [-0.2, -0.15) is 0 Å². The molecule has 176 valence electrons. The zero-order valence-corrected chi connectivity index (χ0v) is 21.0. The molecular formula is C26H26N2O4S2. The number of hydrogen-bond donors (Lipinski definition) is 2. The fourth-order valence-electron chi connectivity index (χ4n) is 4.86. The summed E-state index contributed by atoms with van der Waals surface area (Å²) in [5.41, 5.74) is 4.65. The number of benzene rings is 4. The van der Waals surface area contributed by atoms with Crippen LogP contribution in [0, 0.1) is 27.7 Å². The average Bonchev–Trinajstić information content (AvgIpc) is 2.71. The van der Waals surface area contributed by atoms with Gasteiger partial charge in [0.2, 0.25) is 20.0 Å². The van der Waals surface area contributed by atoms with Gasteiger partial charge in [0.15, 0.2) is 0 Å². The Balaban J connectivity index is 2.50. The van der Waals surface area contributed by atoms with Crippen molar-refractivity contribution >= 4 is 30.8 Å². The van der Waals surface area contributed by atoms with Gasteiger partial charge in [-0.25, -0.2) is 27.1 Å². The van der Waals surface area contributed by atoms with Crippen molar-refractivity contribution in [1.82, 2.24) is 0 Å². The summed E-state index contributed by atoms with van der Waals surface area (Å²) in [4.78, 5) is -0.496. The Morgan fingerprint density at radius 1 is 0.471 bits per heavy atom. The largest absolute Gasteiger partial charge is 0.239 e. The second-order valence-electron chi connectivity index (χ2n) is 8.58. The monoisotopic (exact) mass is 494 g/mol. The maximum atomic E-state index is 13.3. The van der Waals surface area contributed by atoms with Gasteiger partial charge in [0, 0.05) is 16.5 Å².